The largest absolute Gasteiger partial charge is 0.462 e. The molecule has 6 nitrogen and oxygen atoms in total. The topological polar surface area (TPSA) is 78.9 Å². The van der Waals surface area contributed by atoms with Crippen LogP contribution in [-0.4, -0.2) is 37.2 Å². The Morgan fingerprint density at radius 1 is 0.323 bits per heavy atom. The molecule has 0 rings (SSSR count). The van der Waals surface area contributed by atoms with Crippen LogP contribution >= 0.6 is 0 Å². The maximum atomic E-state index is 12.8. The number of hydrogen-bond acceptors (Lipinski definition) is 6. The molecule has 356 valence electrons. The number of allylic oxidation sites excluding steroid dienone is 12. The Bertz CT molecular complexity index is 1180. The van der Waals surface area contributed by atoms with E-state index in [0.717, 1.165) is 116 Å². The highest BCUT2D eigenvalue weighted by atomic mass is 16.6. The van der Waals surface area contributed by atoms with Gasteiger partial charge in [-0.25, -0.2) is 0 Å². The average Bonchev–Trinajstić information content (AvgIpc) is 3.27. The summed E-state index contributed by atoms with van der Waals surface area (Å²) in [5.41, 5.74) is 0. The second-order valence-electron chi connectivity index (χ2n) is 17.2. The fourth-order valence-corrected chi connectivity index (χ4v) is 7.00. The summed E-state index contributed by atoms with van der Waals surface area (Å²) >= 11 is 0. The SMILES string of the molecule is CCCC/C=C\CCCCCCC(=O)OCC(COC(=O)CCCCCCC\C=C/C=C\C=C/CCCCCCC)OC(=O)CCCCC/C=C\C=C/CCCCCCCCC. The van der Waals surface area contributed by atoms with Crippen LogP contribution in [0.2, 0.25) is 0 Å². The Morgan fingerprint density at radius 3 is 1.02 bits per heavy atom. The summed E-state index contributed by atoms with van der Waals surface area (Å²) in [7, 11) is 0. The maximum Gasteiger partial charge on any atom is 0.306 e. The van der Waals surface area contributed by atoms with Crippen LogP contribution in [0, 0.1) is 0 Å². The van der Waals surface area contributed by atoms with Gasteiger partial charge < -0.3 is 14.2 Å². The summed E-state index contributed by atoms with van der Waals surface area (Å²) in [5.74, 6) is -0.958. The zero-order valence-corrected chi connectivity index (χ0v) is 40.6. The third kappa shape index (κ3) is 47.9. The van der Waals surface area contributed by atoms with E-state index in [2.05, 4.69) is 93.7 Å². The molecular weight excluding hydrogens is 769 g/mol. The van der Waals surface area contributed by atoms with E-state index in [1.54, 1.807) is 0 Å². The Morgan fingerprint density at radius 2 is 0.613 bits per heavy atom. The van der Waals surface area contributed by atoms with Crippen molar-refractivity contribution in [1.29, 1.82) is 0 Å². The van der Waals surface area contributed by atoms with E-state index in [9.17, 15) is 14.4 Å². The molecule has 0 saturated carbocycles. The van der Waals surface area contributed by atoms with Crippen LogP contribution < -0.4 is 0 Å². The fraction of sp³-hybridized carbons (Fsp3) is 0.732. The predicted octanol–water partition coefficient (Wildman–Crippen LogP) is 17.0. The van der Waals surface area contributed by atoms with Crippen LogP contribution in [0.3, 0.4) is 0 Å². The van der Waals surface area contributed by atoms with E-state index in [0.29, 0.717) is 12.8 Å². The second kappa shape index (κ2) is 50.5. The van der Waals surface area contributed by atoms with Crippen LogP contribution in [0.25, 0.3) is 0 Å². The van der Waals surface area contributed by atoms with Crippen molar-refractivity contribution in [2.75, 3.05) is 13.2 Å². The molecule has 0 aromatic rings. The van der Waals surface area contributed by atoms with E-state index < -0.39 is 6.10 Å². The molecule has 0 fully saturated rings. The molecule has 0 aromatic heterocycles. The number of unbranched alkanes of at least 4 members (excludes halogenated alkanes) is 26. The quantitative estimate of drug-likeness (QED) is 0.0199. The number of rotatable bonds is 46. The Labute approximate surface area is 382 Å². The number of esters is 3. The highest BCUT2D eigenvalue weighted by Crippen LogP contribution is 2.13. The smallest absolute Gasteiger partial charge is 0.306 e. The van der Waals surface area contributed by atoms with Crippen molar-refractivity contribution in [2.24, 2.45) is 0 Å². The van der Waals surface area contributed by atoms with Gasteiger partial charge in [0.1, 0.15) is 13.2 Å². The standard InChI is InChI=1S/C56H96O6/c1-4-7-10-13-16-19-22-24-26-28-29-31-32-34-37-40-43-46-49-55(58)61-52-53(51-60-54(57)48-45-42-39-36-21-18-15-12-9-6-3)62-56(59)50-47-44-41-38-35-33-30-27-25-23-20-17-14-11-8-5-2/h15,18,22,24,26-31,33,35,53H,4-14,16-17,19-21,23,25,32,34,36-52H2,1-3H3/b18-15-,24-22-,28-26-,30-27-,31-29-,35-33-. The van der Waals surface area contributed by atoms with E-state index >= 15 is 0 Å². The molecule has 0 aromatic carbocycles. The average molecular weight is 865 g/mol. The summed E-state index contributed by atoms with van der Waals surface area (Å²) in [6.07, 6.45) is 63.1. The lowest BCUT2D eigenvalue weighted by Crippen LogP contribution is -2.30. The summed E-state index contributed by atoms with van der Waals surface area (Å²) < 4.78 is 16.7. The molecule has 0 N–H and O–H groups in total. The van der Waals surface area contributed by atoms with Gasteiger partial charge in [-0.15, -0.1) is 0 Å². The summed E-state index contributed by atoms with van der Waals surface area (Å²) in [6, 6.07) is 0. The predicted molar refractivity (Wildman–Crippen MR) is 265 cm³/mol. The van der Waals surface area contributed by atoms with E-state index in [1.807, 2.05) is 0 Å². The van der Waals surface area contributed by atoms with Crippen LogP contribution in [-0.2, 0) is 28.6 Å². The zero-order chi connectivity index (χ0) is 45.1. The number of ether oxygens (including phenoxy) is 3. The van der Waals surface area contributed by atoms with Crippen molar-refractivity contribution in [3.8, 4) is 0 Å². The normalized spacial score (nSPS) is 12.6. The second-order valence-corrected chi connectivity index (χ2v) is 17.2. The van der Waals surface area contributed by atoms with Gasteiger partial charge in [0.25, 0.3) is 0 Å². The first-order chi connectivity index (χ1) is 30.5. The third-order valence-corrected chi connectivity index (χ3v) is 11.0. The molecule has 0 radical (unpaired) electrons. The summed E-state index contributed by atoms with van der Waals surface area (Å²) in [4.78, 5) is 37.9. The minimum atomic E-state index is -0.801. The highest BCUT2D eigenvalue weighted by Gasteiger charge is 2.19. The van der Waals surface area contributed by atoms with Crippen molar-refractivity contribution in [3.05, 3.63) is 72.9 Å². The van der Waals surface area contributed by atoms with Crippen LogP contribution in [0.5, 0.6) is 0 Å². The van der Waals surface area contributed by atoms with Gasteiger partial charge in [-0.05, 0) is 89.9 Å². The maximum absolute atomic E-state index is 12.8. The molecule has 0 aliphatic rings. The van der Waals surface area contributed by atoms with Crippen LogP contribution in [0.15, 0.2) is 72.9 Å². The summed E-state index contributed by atoms with van der Waals surface area (Å²) in [6.45, 7) is 6.52. The molecule has 0 spiro atoms. The lowest BCUT2D eigenvalue weighted by molar-refractivity contribution is -0.167. The first kappa shape index (κ1) is 58.9. The molecule has 6 heteroatoms. The molecule has 1 atom stereocenters. The molecule has 0 heterocycles. The molecule has 0 amide bonds. The van der Waals surface area contributed by atoms with Crippen molar-refractivity contribution in [2.45, 2.75) is 252 Å². The summed E-state index contributed by atoms with van der Waals surface area (Å²) in [5, 5.41) is 0. The van der Waals surface area contributed by atoms with Crippen LogP contribution in [0.4, 0.5) is 0 Å². The minimum absolute atomic E-state index is 0.0994. The Hall–Kier alpha value is -3.15. The zero-order valence-electron chi connectivity index (χ0n) is 40.6. The molecular formula is C56H96O6. The fourth-order valence-electron chi connectivity index (χ4n) is 7.00. The lowest BCUT2D eigenvalue weighted by atomic mass is 10.1. The molecule has 0 bridgehead atoms. The van der Waals surface area contributed by atoms with Crippen LogP contribution in [0.1, 0.15) is 245 Å². The first-order valence-electron chi connectivity index (χ1n) is 26.0. The van der Waals surface area contributed by atoms with Gasteiger partial charge >= 0.3 is 17.9 Å². The number of hydrogen-bond donors (Lipinski definition) is 0. The van der Waals surface area contributed by atoms with Gasteiger partial charge in [0.2, 0.25) is 0 Å². The minimum Gasteiger partial charge on any atom is -0.462 e. The van der Waals surface area contributed by atoms with E-state index in [1.165, 1.54) is 89.9 Å². The Kier molecular flexibility index (Phi) is 47.9. The monoisotopic (exact) mass is 865 g/mol. The third-order valence-electron chi connectivity index (χ3n) is 11.0. The van der Waals surface area contributed by atoms with Gasteiger partial charge in [0.05, 0.1) is 0 Å². The van der Waals surface area contributed by atoms with Crippen molar-refractivity contribution < 1.29 is 28.6 Å². The lowest BCUT2D eigenvalue weighted by Gasteiger charge is -2.18. The van der Waals surface area contributed by atoms with Gasteiger partial charge in [0.15, 0.2) is 6.10 Å². The van der Waals surface area contributed by atoms with Crippen molar-refractivity contribution in [1.82, 2.24) is 0 Å². The van der Waals surface area contributed by atoms with Gasteiger partial charge in [-0.3, -0.25) is 14.4 Å². The molecule has 0 saturated heterocycles. The van der Waals surface area contributed by atoms with E-state index in [4.69, 9.17) is 14.2 Å². The number of carbonyl (C=O) groups is 3. The van der Waals surface area contributed by atoms with Gasteiger partial charge in [0, 0.05) is 19.3 Å². The van der Waals surface area contributed by atoms with Gasteiger partial charge in [-0.2, -0.15) is 0 Å². The van der Waals surface area contributed by atoms with Crippen molar-refractivity contribution in [3.63, 3.8) is 0 Å². The van der Waals surface area contributed by atoms with Gasteiger partial charge in [-0.1, -0.05) is 209 Å². The molecule has 0 aliphatic heterocycles. The molecule has 1 unspecified atom stereocenters. The Balaban J connectivity index is 4.44. The highest BCUT2D eigenvalue weighted by molar-refractivity contribution is 5.71. The molecule has 62 heavy (non-hydrogen) atoms. The van der Waals surface area contributed by atoms with E-state index in [-0.39, 0.29) is 37.5 Å². The number of carbonyl (C=O) groups excluding carboxylic acids is 3. The molecule has 0 aliphatic carbocycles. The van der Waals surface area contributed by atoms with Crippen molar-refractivity contribution >= 4 is 17.9 Å². The first-order valence-corrected chi connectivity index (χ1v) is 26.0.